The molecule has 0 aromatic heterocycles. The molecule has 0 bridgehead atoms. The average molecular weight is 325 g/mol. The molecule has 1 aliphatic heterocycles. The lowest BCUT2D eigenvalue weighted by atomic mass is 9.88. The third-order valence-corrected chi connectivity index (χ3v) is 5.10. The zero-order valence-electron chi connectivity index (χ0n) is 12.5. The van der Waals surface area contributed by atoms with Crippen LogP contribution in [0.5, 0.6) is 0 Å². The van der Waals surface area contributed by atoms with Crippen molar-refractivity contribution in [1.82, 2.24) is 5.32 Å². The number of hydrogen-bond donors (Lipinski definition) is 1. The zero-order valence-corrected chi connectivity index (χ0v) is 14.0. The van der Waals surface area contributed by atoms with Crippen molar-refractivity contribution in [3.63, 3.8) is 0 Å². The van der Waals surface area contributed by atoms with Crippen molar-refractivity contribution in [3.8, 4) is 0 Å². The standard InChI is InChI=1S/C16H25BrN2/c1-5-16(6-2)11-19(13(4)10-18-16)15-9-14(17)8-7-12(15)3/h7-9,13,18H,5-6,10-11H2,1-4H3. The first-order chi connectivity index (χ1) is 9.01. The summed E-state index contributed by atoms with van der Waals surface area (Å²) < 4.78 is 1.16. The Labute approximate surface area is 125 Å². The van der Waals surface area contributed by atoms with Crippen LogP contribution >= 0.6 is 15.9 Å². The molecule has 0 spiro atoms. The van der Waals surface area contributed by atoms with E-state index in [1.165, 1.54) is 24.1 Å². The van der Waals surface area contributed by atoms with E-state index in [1.54, 1.807) is 0 Å². The van der Waals surface area contributed by atoms with Crippen molar-refractivity contribution in [2.24, 2.45) is 0 Å². The maximum atomic E-state index is 3.76. The summed E-state index contributed by atoms with van der Waals surface area (Å²) in [5.74, 6) is 0. The Morgan fingerprint density at radius 2 is 2.05 bits per heavy atom. The summed E-state index contributed by atoms with van der Waals surface area (Å²) in [6.07, 6.45) is 2.36. The predicted octanol–water partition coefficient (Wildman–Crippen LogP) is 4.11. The van der Waals surface area contributed by atoms with Gasteiger partial charge in [-0.05, 0) is 44.4 Å². The van der Waals surface area contributed by atoms with E-state index in [1.807, 2.05) is 0 Å². The van der Waals surface area contributed by atoms with Gasteiger partial charge in [-0.15, -0.1) is 0 Å². The minimum atomic E-state index is 0.265. The molecule has 1 heterocycles. The number of nitrogens with zero attached hydrogens (tertiary/aromatic N) is 1. The third-order valence-electron chi connectivity index (χ3n) is 4.61. The molecule has 106 valence electrons. The van der Waals surface area contributed by atoms with Gasteiger partial charge in [-0.25, -0.2) is 0 Å². The Kier molecular flexibility index (Phi) is 4.57. The van der Waals surface area contributed by atoms with Crippen LogP contribution in [0.2, 0.25) is 0 Å². The third kappa shape index (κ3) is 2.97. The maximum absolute atomic E-state index is 3.76. The molecule has 3 heteroatoms. The van der Waals surface area contributed by atoms with Crippen LogP contribution in [0.15, 0.2) is 22.7 Å². The molecule has 1 aromatic carbocycles. The van der Waals surface area contributed by atoms with E-state index in [9.17, 15) is 0 Å². The normalized spacial score (nSPS) is 22.6. The molecular formula is C16H25BrN2. The van der Waals surface area contributed by atoms with Gasteiger partial charge in [0.25, 0.3) is 0 Å². The van der Waals surface area contributed by atoms with E-state index < -0.39 is 0 Å². The topological polar surface area (TPSA) is 15.3 Å². The highest BCUT2D eigenvalue weighted by Gasteiger charge is 2.35. The molecule has 0 amide bonds. The van der Waals surface area contributed by atoms with Crippen LogP contribution in [-0.2, 0) is 0 Å². The van der Waals surface area contributed by atoms with Crippen LogP contribution in [0.3, 0.4) is 0 Å². The number of anilines is 1. The maximum Gasteiger partial charge on any atom is 0.0410 e. The SMILES string of the molecule is CCC1(CC)CN(c2cc(Br)ccc2C)C(C)CN1. The van der Waals surface area contributed by atoms with Crippen molar-refractivity contribution in [2.75, 3.05) is 18.0 Å². The first-order valence-corrected chi connectivity index (χ1v) is 8.08. The molecule has 1 aromatic rings. The Hall–Kier alpha value is -0.540. The minimum absolute atomic E-state index is 0.265. The van der Waals surface area contributed by atoms with E-state index in [0.29, 0.717) is 6.04 Å². The fourth-order valence-electron chi connectivity index (χ4n) is 2.95. The number of nitrogens with one attached hydrogen (secondary N) is 1. The molecule has 2 nitrogen and oxygen atoms in total. The number of piperazine rings is 1. The van der Waals surface area contributed by atoms with Crippen molar-refractivity contribution in [2.45, 2.75) is 52.1 Å². The van der Waals surface area contributed by atoms with Crippen LogP contribution in [0, 0.1) is 6.92 Å². The van der Waals surface area contributed by atoms with Crippen LogP contribution in [0.4, 0.5) is 5.69 Å². The van der Waals surface area contributed by atoms with Gasteiger partial charge in [-0.1, -0.05) is 35.8 Å². The van der Waals surface area contributed by atoms with Gasteiger partial charge in [-0.3, -0.25) is 0 Å². The molecule has 1 saturated heterocycles. The highest BCUT2D eigenvalue weighted by atomic mass is 79.9. The molecule has 1 atom stereocenters. The molecule has 0 radical (unpaired) electrons. The number of halogens is 1. The number of aryl methyl sites for hydroxylation is 1. The number of hydrogen-bond acceptors (Lipinski definition) is 2. The molecular weight excluding hydrogens is 300 g/mol. The second-order valence-electron chi connectivity index (χ2n) is 5.78. The summed E-state index contributed by atoms with van der Waals surface area (Å²) in [5, 5.41) is 3.76. The minimum Gasteiger partial charge on any atom is -0.365 e. The molecule has 2 rings (SSSR count). The lowest BCUT2D eigenvalue weighted by Gasteiger charge is -2.48. The smallest absolute Gasteiger partial charge is 0.0410 e. The summed E-state index contributed by atoms with van der Waals surface area (Å²) in [6, 6.07) is 7.12. The average Bonchev–Trinajstić information content (AvgIpc) is 2.43. The van der Waals surface area contributed by atoms with Gasteiger partial charge >= 0.3 is 0 Å². The Morgan fingerprint density at radius 3 is 2.68 bits per heavy atom. The van der Waals surface area contributed by atoms with Crippen LogP contribution in [-0.4, -0.2) is 24.7 Å². The summed E-state index contributed by atoms with van der Waals surface area (Å²) in [5.41, 5.74) is 2.99. The zero-order chi connectivity index (χ0) is 14.0. The van der Waals surface area contributed by atoms with E-state index in [2.05, 4.69) is 72.0 Å². The lowest BCUT2D eigenvalue weighted by Crippen LogP contribution is -2.63. The highest BCUT2D eigenvalue weighted by molar-refractivity contribution is 9.10. The second-order valence-corrected chi connectivity index (χ2v) is 6.69. The molecule has 0 aliphatic carbocycles. The van der Waals surface area contributed by atoms with Crippen LogP contribution < -0.4 is 10.2 Å². The van der Waals surface area contributed by atoms with Crippen molar-refractivity contribution < 1.29 is 0 Å². The molecule has 1 N–H and O–H groups in total. The van der Waals surface area contributed by atoms with Crippen molar-refractivity contribution in [1.29, 1.82) is 0 Å². The van der Waals surface area contributed by atoms with E-state index in [-0.39, 0.29) is 5.54 Å². The molecule has 0 saturated carbocycles. The summed E-state index contributed by atoms with van der Waals surface area (Å²) in [4.78, 5) is 2.57. The summed E-state index contributed by atoms with van der Waals surface area (Å²) >= 11 is 3.60. The van der Waals surface area contributed by atoms with Gasteiger partial charge in [0.05, 0.1) is 0 Å². The van der Waals surface area contributed by atoms with Crippen molar-refractivity contribution in [3.05, 3.63) is 28.2 Å². The number of rotatable bonds is 3. The fourth-order valence-corrected chi connectivity index (χ4v) is 3.30. The van der Waals surface area contributed by atoms with Gasteiger partial charge in [0.1, 0.15) is 0 Å². The first-order valence-electron chi connectivity index (χ1n) is 7.29. The first kappa shape index (κ1) is 14.9. The van der Waals surface area contributed by atoms with Gasteiger partial charge in [0.15, 0.2) is 0 Å². The van der Waals surface area contributed by atoms with E-state index in [4.69, 9.17) is 0 Å². The van der Waals surface area contributed by atoms with Crippen LogP contribution in [0.25, 0.3) is 0 Å². The quantitative estimate of drug-likeness (QED) is 0.899. The number of benzene rings is 1. The summed E-state index contributed by atoms with van der Waals surface area (Å²) in [6.45, 7) is 11.3. The van der Waals surface area contributed by atoms with Gasteiger partial charge in [0, 0.05) is 34.8 Å². The largest absolute Gasteiger partial charge is 0.365 e. The molecule has 1 unspecified atom stereocenters. The van der Waals surface area contributed by atoms with Gasteiger partial charge in [0.2, 0.25) is 0 Å². The molecule has 19 heavy (non-hydrogen) atoms. The Morgan fingerprint density at radius 1 is 1.37 bits per heavy atom. The lowest BCUT2D eigenvalue weighted by molar-refractivity contribution is 0.253. The van der Waals surface area contributed by atoms with E-state index in [0.717, 1.165) is 17.6 Å². The monoisotopic (exact) mass is 324 g/mol. The second kappa shape index (κ2) is 5.84. The summed E-state index contributed by atoms with van der Waals surface area (Å²) in [7, 11) is 0. The Balaban J connectivity index is 2.33. The van der Waals surface area contributed by atoms with Crippen LogP contribution in [0.1, 0.15) is 39.2 Å². The van der Waals surface area contributed by atoms with E-state index >= 15 is 0 Å². The predicted molar refractivity (Wildman–Crippen MR) is 87.0 cm³/mol. The van der Waals surface area contributed by atoms with Crippen molar-refractivity contribution >= 4 is 21.6 Å². The Bertz CT molecular complexity index is 440. The van der Waals surface area contributed by atoms with Gasteiger partial charge in [-0.2, -0.15) is 0 Å². The molecule has 1 aliphatic rings. The highest BCUT2D eigenvalue weighted by Crippen LogP contribution is 2.31. The fraction of sp³-hybridized carbons (Fsp3) is 0.625. The molecule has 1 fully saturated rings. The van der Waals surface area contributed by atoms with Gasteiger partial charge < -0.3 is 10.2 Å².